The number of aryl methyl sites for hydroxylation is 2. The summed E-state index contributed by atoms with van der Waals surface area (Å²) >= 11 is 0. The fourth-order valence-corrected chi connectivity index (χ4v) is 3.45. The standard InChI is InChI=1S/C20H19N7O.C2HF3O2/c1-13-6-14(2)17(7-15(13)9-26-12-21-11-23-26)19-24-18-8-22-27(20(18)25-19)10-16-4-3-5-28-16;3-2(4,5)1(6)7/h3-8,11-12H,9-10H2,1-2H3,(H,24,25);(H,6,7). The van der Waals surface area contributed by atoms with Crippen LogP contribution in [0.2, 0.25) is 0 Å². The van der Waals surface area contributed by atoms with E-state index in [-0.39, 0.29) is 0 Å². The van der Waals surface area contributed by atoms with Crippen molar-refractivity contribution in [2.75, 3.05) is 0 Å². The third-order valence-corrected chi connectivity index (χ3v) is 5.15. The van der Waals surface area contributed by atoms with Gasteiger partial charge in [0.2, 0.25) is 0 Å². The summed E-state index contributed by atoms with van der Waals surface area (Å²) in [6, 6.07) is 8.16. The topological polar surface area (TPSA) is 128 Å². The molecule has 5 rings (SSSR count). The maximum Gasteiger partial charge on any atom is 0.490 e. The summed E-state index contributed by atoms with van der Waals surface area (Å²) in [5.74, 6) is -1.08. The van der Waals surface area contributed by atoms with Gasteiger partial charge >= 0.3 is 12.1 Å². The van der Waals surface area contributed by atoms with Crippen molar-refractivity contribution in [1.82, 2.24) is 34.5 Å². The minimum Gasteiger partial charge on any atom is -0.475 e. The van der Waals surface area contributed by atoms with Gasteiger partial charge in [0.15, 0.2) is 5.65 Å². The van der Waals surface area contributed by atoms with Gasteiger partial charge in [-0.25, -0.2) is 24.1 Å². The molecule has 2 N–H and O–H groups in total. The number of aliphatic carboxylic acids is 1. The van der Waals surface area contributed by atoms with Gasteiger partial charge in [-0.05, 0) is 48.7 Å². The van der Waals surface area contributed by atoms with Gasteiger partial charge in [-0.15, -0.1) is 0 Å². The van der Waals surface area contributed by atoms with Crippen LogP contribution in [0.4, 0.5) is 13.2 Å². The predicted octanol–water partition coefficient (Wildman–Crippen LogP) is 3.96. The number of aromatic nitrogens is 7. The lowest BCUT2D eigenvalue weighted by molar-refractivity contribution is -0.192. The highest BCUT2D eigenvalue weighted by atomic mass is 19.4. The minimum atomic E-state index is -5.08. The molecular formula is C22H20F3N7O3. The highest BCUT2D eigenvalue weighted by Crippen LogP contribution is 2.27. The first-order chi connectivity index (χ1) is 16.6. The highest BCUT2D eigenvalue weighted by molar-refractivity contribution is 5.77. The third-order valence-electron chi connectivity index (χ3n) is 5.15. The van der Waals surface area contributed by atoms with E-state index < -0.39 is 12.1 Å². The van der Waals surface area contributed by atoms with Crippen LogP contribution in [0.1, 0.15) is 22.5 Å². The number of benzene rings is 1. The van der Waals surface area contributed by atoms with Gasteiger partial charge in [-0.3, -0.25) is 0 Å². The van der Waals surface area contributed by atoms with Crippen LogP contribution in [-0.4, -0.2) is 51.8 Å². The van der Waals surface area contributed by atoms with E-state index in [0.29, 0.717) is 13.1 Å². The molecule has 4 heterocycles. The fourth-order valence-electron chi connectivity index (χ4n) is 3.45. The number of rotatable bonds is 5. The molecule has 13 heteroatoms. The quantitative estimate of drug-likeness (QED) is 0.384. The molecule has 0 unspecified atom stereocenters. The number of hydrogen-bond acceptors (Lipinski definition) is 6. The molecule has 1 aromatic carbocycles. The van der Waals surface area contributed by atoms with Gasteiger partial charge in [0, 0.05) is 5.56 Å². The number of imidazole rings is 1. The normalized spacial score (nSPS) is 11.5. The molecule has 0 saturated heterocycles. The molecule has 0 aliphatic rings. The van der Waals surface area contributed by atoms with E-state index in [1.54, 1.807) is 25.1 Å². The number of nitrogens with one attached hydrogen (secondary N) is 1. The molecule has 4 aromatic heterocycles. The molecule has 0 aliphatic heterocycles. The molecule has 0 amide bonds. The number of furan rings is 1. The largest absolute Gasteiger partial charge is 0.490 e. The Bertz CT molecular complexity index is 1440. The minimum absolute atomic E-state index is 0.547. The van der Waals surface area contributed by atoms with Gasteiger partial charge in [0.1, 0.15) is 36.3 Å². The Morgan fingerprint density at radius 2 is 1.94 bits per heavy atom. The summed E-state index contributed by atoms with van der Waals surface area (Å²) in [5.41, 5.74) is 6.35. The zero-order valence-corrected chi connectivity index (χ0v) is 18.6. The van der Waals surface area contributed by atoms with Crippen LogP contribution in [0.25, 0.3) is 22.6 Å². The van der Waals surface area contributed by atoms with Crippen molar-refractivity contribution in [3.05, 3.63) is 71.8 Å². The predicted molar refractivity (Wildman–Crippen MR) is 117 cm³/mol. The Labute approximate surface area is 196 Å². The molecule has 0 fully saturated rings. The fraction of sp³-hybridized carbons (Fsp3) is 0.227. The van der Waals surface area contributed by atoms with Gasteiger partial charge in [-0.2, -0.15) is 23.4 Å². The van der Waals surface area contributed by atoms with Crippen LogP contribution < -0.4 is 0 Å². The monoisotopic (exact) mass is 487 g/mol. The average Bonchev–Trinajstić information content (AvgIpc) is 3.57. The summed E-state index contributed by atoms with van der Waals surface area (Å²) in [7, 11) is 0. The Morgan fingerprint density at radius 3 is 2.57 bits per heavy atom. The lowest BCUT2D eigenvalue weighted by atomic mass is 9.99. The molecule has 0 radical (unpaired) electrons. The molecular weight excluding hydrogens is 467 g/mol. The van der Waals surface area contributed by atoms with E-state index in [1.165, 1.54) is 16.7 Å². The maximum absolute atomic E-state index is 10.6. The number of aromatic amines is 1. The first-order valence-corrected chi connectivity index (χ1v) is 10.3. The smallest absolute Gasteiger partial charge is 0.475 e. The molecule has 0 aliphatic carbocycles. The number of fused-ring (bicyclic) bond motifs is 1. The van der Waals surface area contributed by atoms with E-state index >= 15 is 0 Å². The molecule has 0 atom stereocenters. The molecule has 0 bridgehead atoms. The zero-order chi connectivity index (χ0) is 25.2. The number of nitrogens with zero attached hydrogens (tertiary/aromatic N) is 6. The maximum atomic E-state index is 10.6. The summed E-state index contributed by atoms with van der Waals surface area (Å²) in [5, 5.41) is 15.8. The number of carboxylic acid groups (broad SMARTS) is 1. The lowest BCUT2D eigenvalue weighted by Gasteiger charge is -2.11. The molecule has 182 valence electrons. The number of hydrogen-bond donors (Lipinski definition) is 2. The Morgan fingerprint density at radius 1 is 1.17 bits per heavy atom. The number of carboxylic acids is 1. The summed E-state index contributed by atoms with van der Waals surface area (Å²) in [6.45, 7) is 5.43. The van der Waals surface area contributed by atoms with Crippen LogP contribution in [-0.2, 0) is 17.9 Å². The van der Waals surface area contributed by atoms with Crippen molar-refractivity contribution in [1.29, 1.82) is 0 Å². The Balaban J connectivity index is 0.000000364. The van der Waals surface area contributed by atoms with Gasteiger partial charge in [0.05, 0.1) is 19.0 Å². The van der Waals surface area contributed by atoms with Gasteiger partial charge in [0.25, 0.3) is 0 Å². The summed E-state index contributed by atoms with van der Waals surface area (Å²) in [6.07, 6.45) is 1.66. The molecule has 10 nitrogen and oxygen atoms in total. The third kappa shape index (κ3) is 5.39. The highest BCUT2D eigenvalue weighted by Gasteiger charge is 2.38. The van der Waals surface area contributed by atoms with Crippen molar-refractivity contribution in [3.8, 4) is 11.4 Å². The SMILES string of the molecule is Cc1cc(C)c(-c2nc3c(cnn3Cc3ccco3)[nH]2)cc1Cn1cncn1.O=C(O)C(F)(F)F. The van der Waals surface area contributed by atoms with Crippen LogP contribution in [0.15, 0.2) is 53.8 Å². The van der Waals surface area contributed by atoms with Crippen molar-refractivity contribution >= 4 is 17.1 Å². The summed E-state index contributed by atoms with van der Waals surface area (Å²) < 4.78 is 40.8. The van der Waals surface area contributed by atoms with Crippen molar-refractivity contribution in [2.24, 2.45) is 0 Å². The van der Waals surface area contributed by atoms with E-state index in [1.807, 2.05) is 21.5 Å². The number of carbonyl (C=O) groups is 1. The Hall–Kier alpha value is -4.42. The molecule has 5 aromatic rings. The average molecular weight is 487 g/mol. The first-order valence-electron chi connectivity index (χ1n) is 10.3. The second-order valence-electron chi connectivity index (χ2n) is 7.69. The van der Waals surface area contributed by atoms with E-state index in [0.717, 1.165) is 28.3 Å². The second kappa shape index (κ2) is 9.44. The second-order valence-corrected chi connectivity index (χ2v) is 7.69. The lowest BCUT2D eigenvalue weighted by Crippen LogP contribution is -2.21. The van der Waals surface area contributed by atoms with Crippen molar-refractivity contribution in [3.63, 3.8) is 0 Å². The van der Waals surface area contributed by atoms with Gasteiger partial charge in [-0.1, -0.05) is 6.07 Å². The number of H-pyrrole nitrogens is 1. The molecule has 0 spiro atoms. The van der Waals surface area contributed by atoms with Crippen LogP contribution in [0, 0.1) is 13.8 Å². The molecule has 0 saturated carbocycles. The van der Waals surface area contributed by atoms with Crippen molar-refractivity contribution < 1.29 is 27.5 Å². The number of halogens is 3. The zero-order valence-electron chi connectivity index (χ0n) is 18.6. The van der Waals surface area contributed by atoms with E-state index in [9.17, 15) is 13.2 Å². The van der Waals surface area contributed by atoms with Crippen LogP contribution >= 0.6 is 0 Å². The summed E-state index contributed by atoms with van der Waals surface area (Å²) in [4.78, 5) is 21.1. The molecule has 35 heavy (non-hydrogen) atoms. The van der Waals surface area contributed by atoms with Crippen molar-refractivity contribution in [2.45, 2.75) is 33.1 Å². The number of alkyl halides is 3. The van der Waals surface area contributed by atoms with Gasteiger partial charge < -0.3 is 14.5 Å². The van der Waals surface area contributed by atoms with E-state index in [2.05, 4.69) is 46.1 Å². The van der Waals surface area contributed by atoms with E-state index in [4.69, 9.17) is 19.3 Å². The van der Waals surface area contributed by atoms with Crippen LogP contribution in [0.3, 0.4) is 0 Å². The van der Waals surface area contributed by atoms with Crippen LogP contribution in [0.5, 0.6) is 0 Å². The Kier molecular flexibility index (Phi) is 6.40. The first kappa shape index (κ1) is 23.7.